The van der Waals surface area contributed by atoms with Gasteiger partial charge in [0.05, 0.1) is 5.60 Å². The van der Waals surface area contributed by atoms with E-state index in [1.807, 2.05) is 0 Å². The molecule has 4 fully saturated rings. The molecule has 3 N–H and O–H groups in total. The molecule has 0 amide bonds. The molecule has 2 nitrogen and oxygen atoms in total. The Labute approximate surface area is 136 Å². The van der Waals surface area contributed by atoms with Crippen LogP contribution in [0.2, 0.25) is 0 Å². The molecule has 0 bridgehead atoms. The van der Waals surface area contributed by atoms with Crippen LogP contribution in [0.5, 0.6) is 0 Å². The molecule has 4 rings (SSSR count). The van der Waals surface area contributed by atoms with E-state index >= 15 is 0 Å². The maximum Gasteiger partial charge on any atom is 0.0622 e. The molecule has 126 valence electrons. The summed E-state index contributed by atoms with van der Waals surface area (Å²) in [7, 11) is 0. The Kier molecular flexibility index (Phi) is 3.32. The minimum Gasteiger partial charge on any atom is -0.390 e. The van der Waals surface area contributed by atoms with Crippen molar-refractivity contribution in [3.63, 3.8) is 0 Å². The van der Waals surface area contributed by atoms with Crippen LogP contribution in [0.3, 0.4) is 0 Å². The van der Waals surface area contributed by atoms with Gasteiger partial charge >= 0.3 is 0 Å². The maximum atomic E-state index is 10.5. The van der Waals surface area contributed by atoms with E-state index in [4.69, 9.17) is 5.73 Å². The normalized spacial score (nSPS) is 61.2. The van der Waals surface area contributed by atoms with Gasteiger partial charge in [0.15, 0.2) is 0 Å². The molecule has 0 radical (unpaired) electrons. The smallest absolute Gasteiger partial charge is 0.0622 e. The molecule has 4 saturated carbocycles. The molecule has 2 heteroatoms. The summed E-state index contributed by atoms with van der Waals surface area (Å²) >= 11 is 0. The molecule has 0 heterocycles. The molecular formula is C20H35NO. The Morgan fingerprint density at radius 3 is 2.32 bits per heavy atom. The van der Waals surface area contributed by atoms with Crippen molar-refractivity contribution < 1.29 is 5.11 Å². The van der Waals surface area contributed by atoms with Crippen molar-refractivity contribution in [2.45, 2.75) is 90.2 Å². The summed E-state index contributed by atoms with van der Waals surface area (Å²) in [5.41, 5.74) is 7.01. The summed E-state index contributed by atoms with van der Waals surface area (Å²) in [5.74, 6) is 3.43. The number of fused-ring (bicyclic) bond motifs is 5. The Morgan fingerprint density at radius 1 is 0.818 bits per heavy atom. The van der Waals surface area contributed by atoms with Crippen LogP contribution in [-0.4, -0.2) is 16.7 Å². The van der Waals surface area contributed by atoms with E-state index in [9.17, 15) is 5.11 Å². The zero-order chi connectivity index (χ0) is 15.8. The second kappa shape index (κ2) is 4.72. The second-order valence-corrected chi connectivity index (χ2v) is 10.1. The van der Waals surface area contributed by atoms with Crippen LogP contribution in [0.15, 0.2) is 0 Å². The van der Waals surface area contributed by atoms with E-state index in [0.29, 0.717) is 16.9 Å². The van der Waals surface area contributed by atoms with Crippen molar-refractivity contribution in [2.24, 2.45) is 40.2 Å². The van der Waals surface area contributed by atoms with Gasteiger partial charge in [0, 0.05) is 6.04 Å². The minimum absolute atomic E-state index is 0.407. The Bertz CT molecular complexity index is 461. The first-order valence-electron chi connectivity index (χ1n) is 9.74. The lowest BCUT2D eigenvalue weighted by molar-refractivity contribution is -0.143. The highest BCUT2D eigenvalue weighted by molar-refractivity contribution is 5.11. The monoisotopic (exact) mass is 305 g/mol. The lowest BCUT2D eigenvalue weighted by atomic mass is 9.44. The maximum absolute atomic E-state index is 10.5. The summed E-state index contributed by atoms with van der Waals surface area (Å²) in [5, 5.41) is 10.5. The lowest BCUT2D eigenvalue weighted by Crippen LogP contribution is -2.56. The van der Waals surface area contributed by atoms with Gasteiger partial charge in [-0.2, -0.15) is 0 Å². The molecule has 4 aliphatic carbocycles. The average molecular weight is 306 g/mol. The van der Waals surface area contributed by atoms with Gasteiger partial charge < -0.3 is 10.8 Å². The third kappa shape index (κ3) is 1.99. The summed E-state index contributed by atoms with van der Waals surface area (Å²) in [6.07, 6.45) is 11.4. The standard InChI is InChI=1S/C20H35NO/c1-18(22)10-11-19(2)13(12-18)4-5-14-15-6-7-17(21)20(15,3)9-8-16(14)19/h13-17,22H,4-12,21H2,1-3H3/t13?,14?,15?,16?,17-,18+,19-,20-/m0/s1. The van der Waals surface area contributed by atoms with Gasteiger partial charge in [0.2, 0.25) is 0 Å². The summed E-state index contributed by atoms with van der Waals surface area (Å²) in [6.45, 7) is 7.12. The van der Waals surface area contributed by atoms with E-state index in [2.05, 4.69) is 20.8 Å². The van der Waals surface area contributed by atoms with Gasteiger partial charge in [0.25, 0.3) is 0 Å². The van der Waals surface area contributed by atoms with Gasteiger partial charge in [-0.3, -0.25) is 0 Å². The van der Waals surface area contributed by atoms with Crippen LogP contribution in [0.4, 0.5) is 0 Å². The predicted octanol–water partition coefficient (Wildman–Crippen LogP) is 4.11. The van der Waals surface area contributed by atoms with Crippen molar-refractivity contribution >= 4 is 0 Å². The molecule has 0 spiro atoms. The molecule has 0 aliphatic heterocycles. The first-order chi connectivity index (χ1) is 10.3. The Morgan fingerprint density at radius 2 is 1.55 bits per heavy atom. The van der Waals surface area contributed by atoms with Crippen molar-refractivity contribution in [2.75, 3.05) is 0 Å². The fraction of sp³-hybridized carbons (Fsp3) is 1.00. The Hall–Kier alpha value is -0.0800. The molecular weight excluding hydrogens is 270 g/mol. The van der Waals surface area contributed by atoms with Crippen LogP contribution < -0.4 is 5.73 Å². The highest BCUT2D eigenvalue weighted by Crippen LogP contribution is 2.66. The first-order valence-corrected chi connectivity index (χ1v) is 9.74. The number of rotatable bonds is 0. The molecule has 0 saturated heterocycles. The van der Waals surface area contributed by atoms with E-state index in [-0.39, 0.29) is 0 Å². The van der Waals surface area contributed by atoms with E-state index in [1.165, 1.54) is 44.9 Å². The van der Waals surface area contributed by atoms with Gasteiger partial charge in [-0.1, -0.05) is 13.8 Å². The topological polar surface area (TPSA) is 46.2 Å². The lowest BCUT2D eigenvalue weighted by Gasteiger charge is -2.61. The molecule has 0 aromatic carbocycles. The molecule has 22 heavy (non-hydrogen) atoms. The summed E-state index contributed by atoms with van der Waals surface area (Å²) < 4.78 is 0. The molecule has 4 unspecified atom stereocenters. The van der Waals surface area contributed by atoms with Gasteiger partial charge in [0.1, 0.15) is 0 Å². The second-order valence-electron chi connectivity index (χ2n) is 10.1. The number of nitrogens with two attached hydrogens (primary N) is 1. The fourth-order valence-electron chi connectivity index (χ4n) is 7.47. The van der Waals surface area contributed by atoms with Crippen molar-refractivity contribution in [3.05, 3.63) is 0 Å². The van der Waals surface area contributed by atoms with Gasteiger partial charge in [-0.15, -0.1) is 0 Å². The minimum atomic E-state index is -0.407. The number of aliphatic hydroxyl groups is 1. The molecule has 4 aliphatic rings. The zero-order valence-electron chi connectivity index (χ0n) is 14.8. The van der Waals surface area contributed by atoms with Crippen LogP contribution in [0.1, 0.15) is 78.6 Å². The van der Waals surface area contributed by atoms with Crippen LogP contribution in [0.25, 0.3) is 0 Å². The third-order valence-electron chi connectivity index (χ3n) is 9.03. The van der Waals surface area contributed by atoms with Gasteiger partial charge in [-0.05, 0) is 99.2 Å². The van der Waals surface area contributed by atoms with Crippen LogP contribution in [-0.2, 0) is 0 Å². The van der Waals surface area contributed by atoms with Crippen molar-refractivity contribution in [1.29, 1.82) is 0 Å². The van der Waals surface area contributed by atoms with E-state index < -0.39 is 5.60 Å². The number of hydrogen-bond acceptors (Lipinski definition) is 2. The molecule has 0 aromatic heterocycles. The SMILES string of the molecule is C[C@@]1(O)CC[C@@]2(C)C(CCC3C2CC[C@@]2(C)C3CC[C@@H]2N)C1. The predicted molar refractivity (Wildman–Crippen MR) is 90.3 cm³/mol. The quantitative estimate of drug-likeness (QED) is 0.707. The van der Waals surface area contributed by atoms with Gasteiger partial charge in [-0.25, -0.2) is 0 Å². The first kappa shape index (κ1) is 15.4. The van der Waals surface area contributed by atoms with E-state index in [0.717, 1.165) is 36.5 Å². The van der Waals surface area contributed by atoms with Crippen LogP contribution in [0, 0.1) is 34.5 Å². The highest BCUT2D eigenvalue weighted by Gasteiger charge is 2.60. The van der Waals surface area contributed by atoms with E-state index in [1.54, 1.807) is 0 Å². The highest BCUT2D eigenvalue weighted by atomic mass is 16.3. The Balaban J connectivity index is 1.62. The third-order valence-corrected chi connectivity index (χ3v) is 9.03. The van der Waals surface area contributed by atoms with Crippen molar-refractivity contribution in [1.82, 2.24) is 0 Å². The largest absolute Gasteiger partial charge is 0.390 e. The fourth-order valence-corrected chi connectivity index (χ4v) is 7.47. The average Bonchev–Trinajstić information content (AvgIpc) is 2.76. The molecule has 0 aromatic rings. The zero-order valence-corrected chi connectivity index (χ0v) is 14.8. The summed E-state index contributed by atoms with van der Waals surface area (Å²) in [4.78, 5) is 0. The number of hydrogen-bond donors (Lipinski definition) is 2. The van der Waals surface area contributed by atoms with Crippen molar-refractivity contribution in [3.8, 4) is 0 Å². The van der Waals surface area contributed by atoms with Crippen LogP contribution >= 0.6 is 0 Å². The summed E-state index contributed by atoms with van der Waals surface area (Å²) in [6, 6.07) is 0.441. The molecule has 8 atom stereocenters.